The zero-order valence-corrected chi connectivity index (χ0v) is 19.6. The molecular weight excluding hydrogens is 442 g/mol. The van der Waals surface area contributed by atoms with Crippen molar-refractivity contribution in [2.75, 3.05) is 26.2 Å². The summed E-state index contributed by atoms with van der Waals surface area (Å²) in [5.41, 5.74) is 0. The van der Waals surface area contributed by atoms with Crippen LogP contribution in [0.4, 0.5) is 0 Å². The molecule has 2 fully saturated rings. The second kappa shape index (κ2) is 12.4. The molecule has 2 aliphatic heterocycles. The van der Waals surface area contributed by atoms with Crippen molar-refractivity contribution in [3.63, 3.8) is 0 Å². The number of ether oxygens (including phenoxy) is 1. The summed E-state index contributed by atoms with van der Waals surface area (Å²) in [6.07, 6.45) is 10.2. The number of rotatable bonds is 9. The van der Waals surface area contributed by atoms with Crippen molar-refractivity contribution in [2.24, 2.45) is 11.8 Å². The molecule has 3 heterocycles. The maximum Gasteiger partial charge on any atom is 0.519 e. The summed E-state index contributed by atoms with van der Waals surface area (Å²) in [4.78, 5) is 51.0. The average Bonchev–Trinajstić information content (AvgIpc) is 3.17. The summed E-state index contributed by atoms with van der Waals surface area (Å²) in [7, 11) is 0. The van der Waals surface area contributed by atoms with Crippen LogP contribution in [-0.2, 0) is 25.7 Å². The highest BCUT2D eigenvalue weighted by atomic mass is 16.6. The van der Waals surface area contributed by atoms with Gasteiger partial charge < -0.3 is 29.1 Å². The van der Waals surface area contributed by atoms with Crippen LogP contribution >= 0.6 is 0 Å². The highest BCUT2D eigenvalue weighted by Crippen LogP contribution is 2.22. The molecule has 0 spiro atoms. The number of hydrogen-bond acceptors (Lipinski definition) is 8. The van der Waals surface area contributed by atoms with Gasteiger partial charge in [-0.25, -0.2) is 9.59 Å². The Morgan fingerprint density at radius 1 is 1.26 bits per heavy atom. The van der Waals surface area contributed by atoms with Crippen LogP contribution in [0.1, 0.15) is 56.5 Å². The number of nitrogens with one attached hydrogen (secondary N) is 2. The van der Waals surface area contributed by atoms with E-state index < -0.39 is 23.8 Å². The van der Waals surface area contributed by atoms with E-state index in [2.05, 4.69) is 16.6 Å². The quantitative estimate of drug-likeness (QED) is 0.401. The number of nitrogens with zero attached hydrogens (tertiary/aromatic N) is 1. The SMILES string of the molecule is C#CC[C@H](NC(=O)[C@@H]1CCCN(C(=O)CCC2CCNCC2)C1)C(=O)OCc1oc(=O)oc1C. The molecule has 0 unspecified atom stereocenters. The lowest BCUT2D eigenvalue weighted by molar-refractivity contribution is -0.150. The minimum atomic E-state index is -1.04. The average molecular weight is 476 g/mol. The fraction of sp³-hybridized carbons (Fsp3) is 0.667. The van der Waals surface area contributed by atoms with E-state index in [0.29, 0.717) is 31.8 Å². The molecule has 0 aliphatic carbocycles. The number of piperidine rings is 2. The van der Waals surface area contributed by atoms with Crippen molar-refractivity contribution in [3.05, 3.63) is 22.1 Å². The third-order valence-electron chi connectivity index (χ3n) is 6.47. The Labute approximate surface area is 198 Å². The number of amides is 2. The van der Waals surface area contributed by atoms with E-state index in [1.807, 2.05) is 0 Å². The molecule has 2 amide bonds. The van der Waals surface area contributed by atoms with Gasteiger partial charge in [-0.15, -0.1) is 12.3 Å². The molecule has 1 aromatic rings. The minimum Gasteiger partial charge on any atom is -0.456 e. The highest BCUT2D eigenvalue weighted by Gasteiger charge is 2.31. The van der Waals surface area contributed by atoms with Crippen LogP contribution in [0.5, 0.6) is 0 Å². The lowest BCUT2D eigenvalue weighted by Gasteiger charge is -2.33. The molecule has 2 N–H and O–H groups in total. The first-order chi connectivity index (χ1) is 16.4. The molecule has 34 heavy (non-hydrogen) atoms. The van der Waals surface area contributed by atoms with Crippen LogP contribution < -0.4 is 16.5 Å². The highest BCUT2D eigenvalue weighted by molar-refractivity contribution is 5.86. The van der Waals surface area contributed by atoms with E-state index in [4.69, 9.17) is 20.0 Å². The molecule has 0 saturated carbocycles. The van der Waals surface area contributed by atoms with Crippen molar-refractivity contribution in [1.29, 1.82) is 0 Å². The Balaban J connectivity index is 1.49. The summed E-state index contributed by atoms with van der Waals surface area (Å²) in [5.74, 6) is 0.949. The molecule has 2 atom stereocenters. The van der Waals surface area contributed by atoms with Gasteiger partial charge in [0.05, 0.1) is 5.92 Å². The van der Waals surface area contributed by atoms with Gasteiger partial charge in [0.15, 0.2) is 18.1 Å². The lowest BCUT2D eigenvalue weighted by Crippen LogP contribution is -2.49. The van der Waals surface area contributed by atoms with Gasteiger partial charge in [-0.3, -0.25) is 9.59 Å². The summed E-state index contributed by atoms with van der Waals surface area (Å²) in [6.45, 7) is 4.17. The van der Waals surface area contributed by atoms with Crippen LogP contribution in [0.25, 0.3) is 0 Å². The molecule has 186 valence electrons. The van der Waals surface area contributed by atoms with Crippen molar-refractivity contribution in [1.82, 2.24) is 15.5 Å². The van der Waals surface area contributed by atoms with Crippen molar-refractivity contribution in [3.8, 4) is 12.3 Å². The topological polar surface area (TPSA) is 131 Å². The molecule has 0 aromatic carbocycles. The van der Waals surface area contributed by atoms with E-state index >= 15 is 0 Å². The molecule has 0 radical (unpaired) electrons. The van der Waals surface area contributed by atoms with E-state index in [0.717, 1.165) is 38.8 Å². The van der Waals surface area contributed by atoms with Crippen LogP contribution in [-0.4, -0.2) is 54.9 Å². The van der Waals surface area contributed by atoms with Crippen molar-refractivity contribution in [2.45, 2.75) is 64.5 Å². The van der Waals surface area contributed by atoms with Crippen LogP contribution in [0.15, 0.2) is 13.6 Å². The number of aryl methyl sites for hydroxylation is 1. The number of esters is 1. The molecule has 2 aliphatic rings. The number of hydrogen-bond donors (Lipinski definition) is 2. The smallest absolute Gasteiger partial charge is 0.456 e. The van der Waals surface area contributed by atoms with Gasteiger partial charge in [-0.05, 0) is 58.0 Å². The van der Waals surface area contributed by atoms with E-state index in [1.54, 1.807) is 4.90 Å². The van der Waals surface area contributed by atoms with Gasteiger partial charge in [-0.1, -0.05) is 0 Å². The molecule has 1 aromatic heterocycles. The first kappa shape index (κ1) is 25.6. The molecule has 2 saturated heterocycles. The second-order valence-corrected chi connectivity index (χ2v) is 8.92. The fourth-order valence-corrected chi connectivity index (χ4v) is 4.42. The Bertz CT molecular complexity index is 955. The van der Waals surface area contributed by atoms with E-state index in [9.17, 15) is 19.2 Å². The maximum absolute atomic E-state index is 12.9. The first-order valence-electron chi connectivity index (χ1n) is 11.9. The second-order valence-electron chi connectivity index (χ2n) is 8.92. The zero-order valence-electron chi connectivity index (χ0n) is 19.6. The number of carbonyl (C=O) groups excluding carboxylic acids is 3. The van der Waals surface area contributed by atoms with Crippen LogP contribution in [0, 0.1) is 31.1 Å². The predicted molar refractivity (Wildman–Crippen MR) is 121 cm³/mol. The summed E-state index contributed by atoms with van der Waals surface area (Å²) in [5, 5.41) is 6.00. The van der Waals surface area contributed by atoms with Gasteiger partial charge >= 0.3 is 11.8 Å². The Morgan fingerprint density at radius 3 is 2.71 bits per heavy atom. The van der Waals surface area contributed by atoms with E-state index in [-0.39, 0.29) is 36.4 Å². The van der Waals surface area contributed by atoms with Crippen molar-refractivity contribution >= 4 is 17.8 Å². The lowest BCUT2D eigenvalue weighted by atomic mass is 9.92. The Kier molecular flexibility index (Phi) is 9.33. The fourth-order valence-electron chi connectivity index (χ4n) is 4.42. The maximum atomic E-state index is 12.9. The van der Waals surface area contributed by atoms with Gasteiger partial charge in [0.2, 0.25) is 11.8 Å². The first-order valence-corrected chi connectivity index (χ1v) is 11.9. The molecule has 0 bridgehead atoms. The summed E-state index contributed by atoms with van der Waals surface area (Å²) < 4.78 is 14.7. The largest absolute Gasteiger partial charge is 0.519 e. The molecule has 10 heteroatoms. The van der Waals surface area contributed by atoms with E-state index in [1.165, 1.54) is 6.92 Å². The Morgan fingerprint density at radius 2 is 2.03 bits per heavy atom. The molecular formula is C24H33N3O7. The van der Waals surface area contributed by atoms with Gasteiger partial charge in [0.1, 0.15) is 6.04 Å². The summed E-state index contributed by atoms with van der Waals surface area (Å²) >= 11 is 0. The monoisotopic (exact) mass is 475 g/mol. The van der Waals surface area contributed by atoms with Gasteiger partial charge in [0, 0.05) is 25.9 Å². The predicted octanol–water partition coefficient (Wildman–Crippen LogP) is 1.11. The standard InChI is InChI=1S/C24H33N3O7/c1-3-5-19(23(30)32-15-20-16(2)33-24(31)34-20)26-22(29)18-6-4-13-27(14-18)21(28)8-7-17-9-11-25-12-10-17/h1,17-19,25H,4-15H2,2H3,(H,26,29)/t18-,19+/m1/s1. The zero-order chi connectivity index (χ0) is 24.5. The molecule has 10 nitrogen and oxygen atoms in total. The number of carbonyl (C=O) groups is 3. The van der Waals surface area contributed by atoms with Gasteiger partial charge in [-0.2, -0.15) is 0 Å². The van der Waals surface area contributed by atoms with Crippen LogP contribution in [0.2, 0.25) is 0 Å². The van der Waals surface area contributed by atoms with Gasteiger partial charge in [0.25, 0.3) is 0 Å². The third kappa shape index (κ3) is 7.22. The molecule has 3 rings (SSSR count). The number of terminal acetylenes is 1. The third-order valence-corrected chi connectivity index (χ3v) is 6.47. The minimum absolute atomic E-state index is 0.0511. The summed E-state index contributed by atoms with van der Waals surface area (Å²) in [6, 6.07) is -1.04. The Hall–Kier alpha value is -3.06. The van der Waals surface area contributed by atoms with Crippen LogP contribution in [0.3, 0.4) is 0 Å². The van der Waals surface area contributed by atoms with Crippen molar-refractivity contribution < 1.29 is 28.0 Å². The number of likely N-dealkylation sites (tertiary alicyclic amines) is 1. The normalized spacial score (nSPS) is 19.8.